The number of hydrogen-bond acceptors (Lipinski definition) is 6. The summed E-state index contributed by atoms with van der Waals surface area (Å²) in [6, 6.07) is 12.2. The lowest BCUT2D eigenvalue weighted by Crippen LogP contribution is -2.51. The molecule has 5 rings (SSSR count). The van der Waals surface area contributed by atoms with Gasteiger partial charge in [-0.2, -0.15) is 13.2 Å². The summed E-state index contributed by atoms with van der Waals surface area (Å²) in [6.07, 6.45) is -0.840. The van der Waals surface area contributed by atoms with Gasteiger partial charge in [0.1, 0.15) is 11.4 Å². The highest BCUT2D eigenvalue weighted by Gasteiger charge is 2.52. The number of rotatable bonds is 7. The molecule has 2 aromatic carbocycles. The van der Waals surface area contributed by atoms with Gasteiger partial charge in [-0.15, -0.1) is 0 Å². The molecule has 1 N–H and O–H groups in total. The third-order valence-corrected chi connectivity index (χ3v) is 9.46. The molecule has 0 aromatic heterocycles. The number of carbonyl (C=O) groups excluding carboxylic acids is 3. The van der Waals surface area contributed by atoms with Gasteiger partial charge >= 0.3 is 18.4 Å². The molecule has 0 saturated carbocycles. The SMILES string of the molecule is C/C=C(\C)OC(=O)N1CCC(NC(=O)c2ccc(CN3C(=O)OC4(CCN(Cc5ccc(C(F)(F)F)cc5)CC4)C3C)cc2)CC1. The van der Waals surface area contributed by atoms with Crippen molar-refractivity contribution in [2.45, 2.75) is 83.4 Å². The summed E-state index contributed by atoms with van der Waals surface area (Å²) in [7, 11) is 0. The summed E-state index contributed by atoms with van der Waals surface area (Å²) in [6.45, 7) is 8.73. The molecule has 1 atom stereocenters. The normalized spacial score (nSPS) is 21.0. The molecule has 3 aliphatic heterocycles. The lowest BCUT2D eigenvalue weighted by atomic mass is 9.84. The molecule has 2 aromatic rings. The quantitative estimate of drug-likeness (QED) is 0.355. The Labute approximate surface area is 267 Å². The summed E-state index contributed by atoms with van der Waals surface area (Å²) in [5.74, 6) is 0.366. The molecule has 9 nitrogen and oxygen atoms in total. The maximum Gasteiger partial charge on any atom is 0.416 e. The van der Waals surface area contributed by atoms with Gasteiger partial charge in [-0.25, -0.2) is 9.59 Å². The lowest BCUT2D eigenvalue weighted by molar-refractivity contribution is -0.137. The highest BCUT2D eigenvalue weighted by molar-refractivity contribution is 5.94. The van der Waals surface area contributed by atoms with Crippen LogP contribution in [-0.4, -0.2) is 76.7 Å². The van der Waals surface area contributed by atoms with Gasteiger partial charge in [0, 0.05) is 63.7 Å². The van der Waals surface area contributed by atoms with E-state index in [9.17, 15) is 27.6 Å². The zero-order chi connectivity index (χ0) is 33.1. The van der Waals surface area contributed by atoms with Crippen LogP contribution in [0.15, 0.2) is 60.4 Å². The highest BCUT2D eigenvalue weighted by Crippen LogP contribution is 2.39. The van der Waals surface area contributed by atoms with Crippen molar-refractivity contribution >= 4 is 18.1 Å². The number of piperidine rings is 2. The number of nitrogens with one attached hydrogen (secondary N) is 1. The molecule has 3 amide bonds. The average molecular weight is 643 g/mol. The molecule has 0 radical (unpaired) electrons. The smallest absolute Gasteiger partial charge is 0.416 e. The van der Waals surface area contributed by atoms with Crippen LogP contribution in [0.3, 0.4) is 0 Å². The third kappa shape index (κ3) is 7.66. The summed E-state index contributed by atoms with van der Waals surface area (Å²) in [5, 5.41) is 3.06. The molecule has 0 aliphatic carbocycles. The number of hydrogen-bond donors (Lipinski definition) is 1. The first-order chi connectivity index (χ1) is 21.9. The number of alkyl halides is 3. The Morgan fingerprint density at radius 1 is 0.978 bits per heavy atom. The first kappa shape index (κ1) is 33.3. The largest absolute Gasteiger partial charge is 0.440 e. The van der Waals surface area contributed by atoms with E-state index in [-0.39, 0.29) is 30.2 Å². The van der Waals surface area contributed by atoms with Gasteiger partial charge < -0.3 is 19.7 Å². The second kappa shape index (κ2) is 13.7. The molecule has 1 unspecified atom stereocenters. The Balaban J connectivity index is 1.09. The van der Waals surface area contributed by atoms with Crippen molar-refractivity contribution in [3.63, 3.8) is 0 Å². The number of likely N-dealkylation sites (tertiary alicyclic amines) is 2. The number of allylic oxidation sites excluding steroid dienone is 2. The van der Waals surface area contributed by atoms with Crippen LogP contribution in [0.5, 0.6) is 0 Å². The average Bonchev–Trinajstić information content (AvgIpc) is 3.26. The van der Waals surface area contributed by atoms with Gasteiger partial charge in [-0.1, -0.05) is 24.3 Å². The maximum absolute atomic E-state index is 13.0. The minimum atomic E-state index is -4.36. The molecule has 1 spiro atoms. The molecule has 3 fully saturated rings. The van der Waals surface area contributed by atoms with E-state index in [0.717, 1.165) is 23.3 Å². The molecule has 46 heavy (non-hydrogen) atoms. The second-order valence-corrected chi connectivity index (χ2v) is 12.4. The molecule has 3 aliphatic rings. The summed E-state index contributed by atoms with van der Waals surface area (Å²) in [5.41, 5.74) is 0.920. The van der Waals surface area contributed by atoms with Crippen molar-refractivity contribution in [2.24, 2.45) is 0 Å². The molecule has 3 heterocycles. The van der Waals surface area contributed by atoms with Crippen LogP contribution < -0.4 is 5.32 Å². The standard InChI is InChI=1S/C34H41F3N4O5/c1-4-23(2)45-31(43)40-17-13-29(14-18-40)38-30(42)27-9-5-26(6-10-27)22-41-24(3)33(46-32(41)44)15-19-39(20-16-33)21-25-7-11-28(12-8-25)34(35,36)37/h4-12,24,29H,13-22H2,1-3H3,(H,38,42)/b23-4+. The van der Waals surface area contributed by atoms with Crippen LogP contribution in [-0.2, 0) is 28.7 Å². The zero-order valence-electron chi connectivity index (χ0n) is 26.4. The summed E-state index contributed by atoms with van der Waals surface area (Å²) < 4.78 is 49.9. The maximum atomic E-state index is 13.0. The van der Waals surface area contributed by atoms with Crippen molar-refractivity contribution < 1.29 is 37.0 Å². The number of ether oxygens (including phenoxy) is 2. The number of amides is 3. The summed E-state index contributed by atoms with van der Waals surface area (Å²) >= 11 is 0. The number of nitrogens with zero attached hydrogens (tertiary/aromatic N) is 3. The van der Waals surface area contributed by atoms with E-state index < -0.39 is 17.3 Å². The third-order valence-electron chi connectivity index (χ3n) is 9.46. The van der Waals surface area contributed by atoms with E-state index in [2.05, 4.69) is 10.2 Å². The highest BCUT2D eigenvalue weighted by atomic mass is 19.4. The molecule has 248 valence electrons. The van der Waals surface area contributed by atoms with Crippen LogP contribution in [0, 0.1) is 0 Å². The summed E-state index contributed by atoms with van der Waals surface area (Å²) in [4.78, 5) is 43.6. The van der Waals surface area contributed by atoms with E-state index in [1.54, 1.807) is 41.9 Å². The van der Waals surface area contributed by atoms with Gasteiger partial charge in [0.05, 0.1) is 11.6 Å². The molecule has 0 bridgehead atoms. The van der Waals surface area contributed by atoms with Gasteiger partial charge in [-0.3, -0.25) is 14.6 Å². The van der Waals surface area contributed by atoms with E-state index in [1.165, 1.54) is 12.1 Å². The fraction of sp³-hybridized carbons (Fsp3) is 0.500. The first-order valence-corrected chi connectivity index (χ1v) is 15.7. The van der Waals surface area contributed by atoms with E-state index >= 15 is 0 Å². The number of benzene rings is 2. The Hall–Kier alpha value is -4.06. The van der Waals surface area contributed by atoms with Crippen LogP contribution >= 0.6 is 0 Å². The Morgan fingerprint density at radius 2 is 1.57 bits per heavy atom. The lowest BCUT2D eigenvalue weighted by Gasteiger charge is -2.40. The van der Waals surface area contributed by atoms with Crippen molar-refractivity contribution in [1.29, 1.82) is 0 Å². The van der Waals surface area contributed by atoms with Crippen LogP contribution in [0.1, 0.15) is 73.5 Å². The predicted octanol–water partition coefficient (Wildman–Crippen LogP) is 6.34. The fourth-order valence-corrected chi connectivity index (χ4v) is 6.32. The number of carbonyl (C=O) groups is 3. The Kier molecular flexibility index (Phi) is 9.95. The monoisotopic (exact) mass is 642 g/mol. The minimum Gasteiger partial charge on any atom is -0.440 e. The Bertz CT molecular complexity index is 1430. The second-order valence-electron chi connectivity index (χ2n) is 12.4. The van der Waals surface area contributed by atoms with Gasteiger partial charge in [-0.05, 0) is 75.1 Å². The molecule has 3 saturated heterocycles. The number of halogens is 3. The van der Waals surface area contributed by atoms with Gasteiger partial charge in [0.2, 0.25) is 0 Å². The molecular weight excluding hydrogens is 601 g/mol. The Morgan fingerprint density at radius 3 is 2.15 bits per heavy atom. The van der Waals surface area contributed by atoms with E-state index in [4.69, 9.17) is 9.47 Å². The van der Waals surface area contributed by atoms with Crippen molar-refractivity contribution in [3.8, 4) is 0 Å². The predicted molar refractivity (Wildman–Crippen MR) is 165 cm³/mol. The fourth-order valence-electron chi connectivity index (χ4n) is 6.32. The van der Waals surface area contributed by atoms with Crippen molar-refractivity contribution in [3.05, 3.63) is 82.6 Å². The topological polar surface area (TPSA) is 91.4 Å². The zero-order valence-corrected chi connectivity index (χ0v) is 26.4. The van der Waals surface area contributed by atoms with E-state index in [0.29, 0.717) is 76.3 Å². The van der Waals surface area contributed by atoms with Crippen LogP contribution in [0.4, 0.5) is 22.8 Å². The van der Waals surface area contributed by atoms with Gasteiger partial charge in [0.15, 0.2) is 0 Å². The van der Waals surface area contributed by atoms with Gasteiger partial charge in [0.25, 0.3) is 5.91 Å². The van der Waals surface area contributed by atoms with Crippen molar-refractivity contribution in [1.82, 2.24) is 20.0 Å². The van der Waals surface area contributed by atoms with Crippen molar-refractivity contribution in [2.75, 3.05) is 26.2 Å². The van der Waals surface area contributed by atoms with E-state index in [1.807, 2.05) is 19.1 Å². The van der Waals surface area contributed by atoms with Crippen LogP contribution in [0.2, 0.25) is 0 Å². The molecule has 12 heteroatoms. The minimum absolute atomic E-state index is 0.0446. The van der Waals surface area contributed by atoms with Crippen LogP contribution in [0.25, 0.3) is 0 Å². The first-order valence-electron chi connectivity index (χ1n) is 15.7. The molecular formula is C34H41F3N4O5.